The minimum atomic E-state index is -0.351. The molecule has 1 aromatic rings. The van der Waals surface area contributed by atoms with Crippen molar-refractivity contribution in [2.24, 2.45) is 5.73 Å². The highest BCUT2D eigenvalue weighted by molar-refractivity contribution is 4.93. The van der Waals surface area contributed by atoms with Crippen LogP contribution < -0.4 is 5.73 Å². The lowest BCUT2D eigenvalue weighted by Crippen LogP contribution is -2.16. The molecule has 2 rings (SSSR count). The van der Waals surface area contributed by atoms with Gasteiger partial charge in [0.05, 0.1) is 12.7 Å². The third kappa shape index (κ3) is 2.78. The molecule has 1 aliphatic heterocycles. The van der Waals surface area contributed by atoms with Crippen LogP contribution in [0.3, 0.4) is 0 Å². The summed E-state index contributed by atoms with van der Waals surface area (Å²) in [5, 5.41) is 3.88. The summed E-state index contributed by atoms with van der Waals surface area (Å²) < 4.78 is 15.5. The quantitative estimate of drug-likeness (QED) is 0.785. The number of ether oxygens (including phenoxy) is 2. The van der Waals surface area contributed by atoms with Crippen LogP contribution in [0, 0.1) is 0 Å². The second kappa shape index (κ2) is 5.38. The molecule has 0 aliphatic carbocycles. The van der Waals surface area contributed by atoms with E-state index in [1.165, 1.54) is 0 Å². The second-order valence-electron chi connectivity index (χ2n) is 3.95. The van der Waals surface area contributed by atoms with E-state index in [1.807, 2.05) is 0 Å². The lowest BCUT2D eigenvalue weighted by Gasteiger charge is -2.04. The Kier molecular flexibility index (Phi) is 3.87. The molecule has 0 bridgehead atoms. The van der Waals surface area contributed by atoms with E-state index in [-0.39, 0.29) is 12.1 Å². The Bertz CT molecular complexity index is 323. The number of hydrogen-bond donors (Lipinski definition) is 1. The van der Waals surface area contributed by atoms with Crippen LogP contribution in [0.4, 0.5) is 0 Å². The van der Waals surface area contributed by atoms with Gasteiger partial charge in [-0.15, -0.1) is 0 Å². The first-order valence-corrected chi connectivity index (χ1v) is 5.48. The first kappa shape index (κ1) is 11.5. The molecule has 2 unspecified atom stereocenters. The number of nitrogens with zero attached hydrogens (tertiary/aromatic N) is 2. The molecule has 2 atom stereocenters. The van der Waals surface area contributed by atoms with E-state index in [4.69, 9.17) is 19.7 Å². The van der Waals surface area contributed by atoms with Crippen LogP contribution in [0.1, 0.15) is 30.6 Å². The highest BCUT2D eigenvalue weighted by atomic mass is 16.5. The Morgan fingerprint density at radius 3 is 3.19 bits per heavy atom. The van der Waals surface area contributed by atoms with Crippen LogP contribution >= 0.6 is 0 Å². The van der Waals surface area contributed by atoms with Crippen molar-refractivity contribution >= 4 is 0 Å². The van der Waals surface area contributed by atoms with E-state index >= 15 is 0 Å². The van der Waals surface area contributed by atoms with E-state index in [0.29, 0.717) is 24.7 Å². The minimum Gasteiger partial charge on any atom is -0.383 e. The van der Waals surface area contributed by atoms with Gasteiger partial charge >= 0.3 is 0 Å². The zero-order valence-corrected chi connectivity index (χ0v) is 9.39. The van der Waals surface area contributed by atoms with Crippen molar-refractivity contribution in [2.45, 2.75) is 31.4 Å². The Balaban J connectivity index is 1.90. The van der Waals surface area contributed by atoms with Gasteiger partial charge in [-0.25, -0.2) is 0 Å². The lowest BCUT2D eigenvalue weighted by atomic mass is 10.2. The normalized spacial score (nSPS) is 22.5. The first-order chi connectivity index (χ1) is 7.79. The van der Waals surface area contributed by atoms with E-state index in [9.17, 15) is 0 Å². The fraction of sp³-hybridized carbons (Fsp3) is 0.800. The topological polar surface area (TPSA) is 83.4 Å². The molecule has 2 heterocycles. The zero-order chi connectivity index (χ0) is 11.4. The van der Waals surface area contributed by atoms with Gasteiger partial charge in [0.15, 0.2) is 5.82 Å². The van der Waals surface area contributed by atoms with Gasteiger partial charge in [0.1, 0.15) is 6.04 Å². The molecule has 0 amide bonds. The summed E-state index contributed by atoms with van der Waals surface area (Å²) >= 11 is 0. The van der Waals surface area contributed by atoms with Gasteiger partial charge in [0.2, 0.25) is 5.89 Å². The average Bonchev–Trinajstić information content (AvgIpc) is 2.90. The smallest absolute Gasteiger partial charge is 0.245 e. The van der Waals surface area contributed by atoms with E-state index in [0.717, 1.165) is 19.4 Å². The van der Waals surface area contributed by atoms with Crippen molar-refractivity contribution < 1.29 is 14.0 Å². The molecule has 1 aromatic heterocycles. The van der Waals surface area contributed by atoms with Gasteiger partial charge in [-0.2, -0.15) is 4.98 Å². The van der Waals surface area contributed by atoms with Gasteiger partial charge in [-0.1, -0.05) is 5.16 Å². The molecule has 1 aliphatic rings. The lowest BCUT2D eigenvalue weighted by molar-refractivity contribution is 0.109. The average molecular weight is 227 g/mol. The summed E-state index contributed by atoms with van der Waals surface area (Å²) in [6.07, 6.45) is 3.10. The molecular weight excluding hydrogens is 210 g/mol. The van der Waals surface area contributed by atoms with Gasteiger partial charge in [-0.05, 0) is 12.8 Å². The van der Waals surface area contributed by atoms with Crippen molar-refractivity contribution in [3.05, 3.63) is 11.7 Å². The Labute approximate surface area is 94.1 Å². The number of aromatic nitrogens is 2. The predicted molar refractivity (Wildman–Crippen MR) is 55.8 cm³/mol. The maximum absolute atomic E-state index is 5.77. The Morgan fingerprint density at radius 2 is 2.50 bits per heavy atom. The zero-order valence-electron chi connectivity index (χ0n) is 9.39. The molecule has 2 N–H and O–H groups in total. The van der Waals surface area contributed by atoms with Gasteiger partial charge in [0.25, 0.3) is 0 Å². The summed E-state index contributed by atoms with van der Waals surface area (Å²) in [5.41, 5.74) is 5.77. The molecule has 6 nitrogen and oxygen atoms in total. The monoisotopic (exact) mass is 227 g/mol. The maximum Gasteiger partial charge on any atom is 0.245 e. The summed E-state index contributed by atoms with van der Waals surface area (Å²) in [4.78, 5) is 4.23. The summed E-state index contributed by atoms with van der Waals surface area (Å²) in [7, 11) is 1.59. The maximum atomic E-state index is 5.77. The molecule has 0 radical (unpaired) electrons. The summed E-state index contributed by atoms with van der Waals surface area (Å²) in [5.74, 6) is 1.09. The summed E-state index contributed by atoms with van der Waals surface area (Å²) in [6.45, 7) is 1.21. The van der Waals surface area contributed by atoms with Crippen molar-refractivity contribution in [2.75, 3.05) is 20.3 Å². The molecule has 0 aromatic carbocycles. The molecular formula is C10H17N3O3. The van der Waals surface area contributed by atoms with Crippen molar-refractivity contribution in [3.8, 4) is 0 Å². The molecule has 0 spiro atoms. The second-order valence-corrected chi connectivity index (χ2v) is 3.95. The predicted octanol–water partition coefficient (Wildman–Crippen LogP) is 0.437. The minimum absolute atomic E-state index is 0.226. The third-order valence-electron chi connectivity index (χ3n) is 2.58. The summed E-state index contributed by atoms with van der Waals surface area (Å²) in [6, 6.07) is -0.351. The van der Waals surface area contributed by atoms with Crippen LogP contribution in [0.2, 0.25) is 0 Å². The highest BCUT2D eigenvalue weighted by Gasteiger charge is 2.20. The van der Waals surface area contributed by atoms with E-state index < -0.39 is 0 Å². The highest BCUT2D eigenvalue weighted by Crippen LogP contribution is 2.16. The fourth-order valence-corrected chi connectivity index (χ4v) is 1.76. The number of rotatable bonds is 5. The Hall–Kier alpha value is -0.980. The van der Waals surface area contributed by atoms with Crippen LogP contribution in [-0.4, -0.2) is 36.6 Å². The van der Waals surface area contributed by atoms with Crippen LogP contribution in [0.5, 0.6) is 0 Å². The van der Waals surface area contributed by atoms with E-state index in [1.54, 1.807) is 7.11 Å². The molecule has 16 heavy (non-hydrogen) atoms. The number of methoxy groups -OCH3 is 1. The number of hydrogen-bond acceptors (Lipinski definition) is 6. The van der Waals surface area contributed by atoms with Crippen molar-refractivity contribution in [1.82, 2.24) is 10.1 Å². The Morgan fingerprint density at radius 1 is 1.62 bits per heavy atom. The first-order valence-electron chi connectivity index (χ1n) is 5.48. The molecule has 1 fully saturated rings. The van der Waals surface area contributed by atoms with Crippen molar-refractivity contribution in [1.29, 1.82) is 0 Å². The van der Waals surface area contributed by atoms with Gasteiger partial charge < -0.3 is 19.7 Å². The van der Waals surface area contributed by atoms with Crippen LogP contribution in [-0.2, 0) is 15.9 Å². The third-order valence-corrected chi connectivity index (χ3v) is 2.58. The van der Waals surface area contributed by atoms with Gasteiger partial charge in [0, 0.05) is 20.1 Å². The number of nitrogens with two attached hydrogens (primary N) is 1. The standard InChI is InChI=1S/C10H17N3O3/c1-14-6-8(11)10-12-9(13-16-10)5-7-3-2-4-15-7/h7-8H,2-6,11H2,1H3. The van der Waals surface area contributed by atoms with Crippen LogP contribution in [0.15, 0.2) is 4.52 Å². The largest absolute Gasteiger partial charge is 0.383 e. The van der Waals surface area contributed by atoms with Gasteiger partial charge in [-0.3, -0.25) is 0 Å². The molecule has 1 saturated heterocycles. The van der Waals surface area contributed by atoms with Crippen LogP contribution in [0.25, 0.3) is 0 Å². The van der Waals surface area contributed by atoms with E-state index in [2.05, 4.69) is 10.1 Å². The molecule has 90 valence electrons. The molecule has 6 heteroatoms. The SMILES string of the molecule is COCC(N)c1nc(CC2CCCO2)no1. The fourth-order valence-electron chi connectivity index (χ4n) is 1.76. The van der Waals surface area contributed by atoms with Crippen molar-refractivity contribution in [3.63, 3.8) is 0 Å². The molecule has 0 saturated carbocycles.